The zero-order valence-electron chi connectivity index (χ0n) is 6.99. The van der Waals surface area contributed by atoms with Crippen molar-refractivity contribution in [3.63, 3.8) is 0 Å². The first-order valence-electron chi connectivity index (χ1n) is 3.66. The minimum atomic E-state index is 0.726. The molecule has 1 rings (SSSR count). The van der Waals surface area contributed by atoms with Crippen LogP contribution in [0.2, 0.25) is 0 Å². The summed E-state index contributed by atoms with van der Waals surface area (Å²) in [6.07, 6.45) is 3.80. The lowest BCUT2D eigenvalue weighted by Crippen LogP contribution is -1.88. The van der Waals surface area contributed by atoms with Gasteiger partial charge in [0.1, 0.15) is 0 Å². The molecule has 2 N–H and O–H groups in total. The molecule has 66 valence electrons. The van der Waals surface area contributed by atoms with Gasteiger partial charge < -0.3 is 5.73 Å². The standard InChI is InChI=1S/C8H12N2S2/c1-11-4-5-12-8-3-2-7(9)6-10-8/h2-3,6H,4-5,9H2,1H3. The molecule has 0 saturated heterocycles. The Labute approximate surface area is 81.3 Å². The van der Waals surface area contributed by atoms with Gasteiger partial charge in [-0.1, -0.05) is 0 Å². The minimum absolute atomic E-state index is 0.726. The number of aromatic nitrogens is 1. The van der Waals surface area contributed by atoms with E-state index in [-0.39, 0.29) is 0 Å². The van der Waals surface area contributed by atoms with Crippen LogP contribution in [0.4, 0.5) is 5.69 Å². The number of anilines is 1. The smallest absolute Gasteiger partial charge is 0.0961 e. The summed E-state index contributed by atoms with van der Waals surface area (Å²) in [5, 5.41) is 1.05. The third kappa shape index (κ3) is 3.36. The highest BCUT2D eigenvalue weighted by Gasteiger charge is 1.93. The van der Waals surface area contributed by atoms with Crippen LogP contribution in [0.15, 0.2) is 23.4 Å². The van der Waals surface area contributed by atoms with Gasteiger partial charge >= 0.3 is 0 Å². The molecule has 0 bridgehead atoms. The number of rotatable bonds is 4. The van der Waals surface area contributed by atoms with Crippen molar-refractivity contribution in [2.24, 2.45) is 0 Å². The van der Waals surface area contributed by atoms with E-state index in [2.05, 4.69) is 11.2 Å². The lowest BCUT2D eigenvalue weighted by Gasteiger charge is -1.98. The number of thioether (sulfide) groups is 2. The Hall–Kier alpha value is -0.350. The van der Waals surface area contributed by atoms with Crippen LogP contribution in [-0.4, -0.2) is 22.7 Å². The molecular formula is C8H12N2S2. The number of hydrogen-bond acceptors (Lipinski definition) is 4. The lowest BCUT2D eigenvalue weighted by atomic mass is 10.4. The van der Waals surface area contributed by atoms with Crippen molar-refractivity contribution in [2.75, 3.05) is 23.5 Å². The van der Waals surface area contributed by atoms with Crippen LogP contribution in [-0.2, 0) is 0 Å². The number of nitrogens with two attached hydrogens (primary N) is 1. The van der Waals surface area contributed by atoms with Gasteiger partial charge in [0, 0.05) is 11.5 Å². The van der Waals surface area contributed by atoms with E-state index in [1.54, 1.807) is 18.0 Å². The molecule has 0 radical (unpaired) electrons. The fourth-order valence-electron chi connectivity index (χ4n) is 0.707. The third-order valence-electron chi connectivity index (χ3n) is 1.30. The Balaban J connectivity index is 2.37. The molecule has 4 heteroatoms. The van der Waals surface area contributed by atoms with Crippen molar-refractivity contribution in [1.82, 2.24) is 4.98 Å². The van der Waals surface area contributed by atoms with Gasteiger partial charge in [0.2, 0.25) is 0 Å². The maximum atomic E-state index is 5.51. The number of nitrogen functional groups attached to an aromatic ring is 1. The average molecular weight is 200 g/mol. The molecule has 0 saturated carbocycles. The van der Waals surface area contributed by atoms with Gasteiger partial charge in [-0.25, -0.2) is 4.98 Å². The summed E-state index contributed by atoms with van der Waals surface area (Å²) in [5.41, 5.74) is 6.23. The van der Waals surface area contributed by atoms with Gasteiger partial charge in [-0.05, 0) is 18.4 Å². The molecule has 2 nitrogen and oxygen atoms in total. The Kier molecular flexibility index (Phi) is 4.32. The fraction of sp³-hybridized carbons (Fsp3) is 0.375. The highest BCUT2D eigenvalue weighted by Crippen LogP contribution is 2.16. The zero-order chi connectivity index (χ0) is 8.81. The van der Waals surface area contributed by atoms with Gasteiger partial charge in [0.05, 0.1) is 16.9 Å². The van der Waals surface area contributed by atoms with Crippen molar-refractivity contribution in [2.45, 2.75) is 5.03 Å². The summed E-state index contributed by atoms with van der Waals surface area (Å²) in [7, 11) is 0. The summed E-state index contributed by atoms with van der Waals surface area (Å²) in [4.78, 5) is 4.18. The predicted octanol–water partition coefficient (Wildman–Crippen LogP) is 2.12. The molecule has 0 amide bonds. The number of hydrogen-bond donors (Lipinski definition) is 1. The lowest BCUT2D eigenvalue weighted by molar-refractivity contribution is 1.14. The van der Waals surface area contributed by atoms with Crippen LogP contribution in [0.3, 0.4) is 0 Å². The van der Waals surface area contributed by atoms with Crippen LogP contribution in [0.1, 0.15) is 0 Å². The van der Waals surface area contributed by atoms with E-state index in [0.717, 1.165) is 22.2 Å². The maximum absolute atomic E-state index is 5.51. The predicted molar refractivity (Wildman–Crippen MR) is 57.8 cm³/mol. The van der Waals surface area contributed by atoms with Crippen LogP contribution in [0, 0.1) is 0 Å². The Morgan fingerprint density at radius 1 is 1.42 bits per heavy atom. The van der Waals surface area contributed by atoms with Crippen molar-refractivity contribution in [3.05, 3.63) is 18.3 Å². The first-order chi connectivity index (χ1) is 5.83. The Morgan fingerprint density at radius 2 is 2.25 bits per heavy atom. The van der Waals surface area contributed by atoms with Gasteiger partial charge in [-0.3, -0.25) is 0 Å². The van der Waals surface area contributed by atoms with Crippen molar-refractivity contribution >= 4 is 29.2 Å². The first-order valence-corrected chi connectivity index (χ1v) is 6.04. The summed E-state index contributed by atoms with van der Waals surface area (Å²) in [5.74, 6) is 2.27. The zero-order valence-corrected chi connectivity index (χ0v) is 8.62. The van der Waals surface area contributed by atoms with E-state index in [1.165, 1.54) is 0 Å². The van der Waals surface area contributed by atoms with E-state index in [4.69, 9.17) is 5.73 Å². The second-order valence-electron chi connectivity index (χ2n) is 2.27. The second-order valence-corrected chi connectivity index (χ2v) is 4.37. The van der Waals surface area contributed by atoms with Gasteiger partial charge in [-0.2, -0.15) is 11.8 Å². The van der Waals surface area contributed by atoms with E-state index in [1.807, 2.05) is 23.9 Å². The molecule has 12 heavy (non-hydrogen) atoms. The molecule has 0 atom stereocenters. The van der Waals surface area contributed by atoms with Crippen molar-refractivity contribution in [3.8, 4) is 0 Å². The van der Waals surface area contributed by atoms with Gasteiger partial charge in [0.25, 0.3) is 0 Å². The Morgan fingerprint density at radius 3 is 2.83 bits per heavy atom. The van der Waals surface area contributed by atoms with Crippen molar-refractivity contribution < 1.29 is 0 Å². The Bertz CT molecular complexity index is 223. The summed E-state index contributed by atoms with van der Waals surface area (Å²) in [6, 6.07) is 3.84. The number of nitrogens with zero attached hydrogens (tertiary/aromatic N) is 1. The maximum Gasteiger partial charge on any atom is 0.0961 e. The third-order valence-corrected chi connectivity index (χ3v) is 3.11. The van der Waals surface area contributed by atoms with Gasteiger partial charge in [-0.15, -0.1) is 11.8 Å². The highest BCUT2D eigenvalue weighted by atomic mass is 32.2. The summed E-state index contributed by atoms with van der Waals surface area (Å²) >= 11 is 3.62. The van der Waals surface area contributed by atoms with E-state index >= 15 is 0 Å². The molecule has 0 fully saturated rings. The second kappa shape index (κ2) is 5.32. The molecule has 0 aliphatic rings. The highest BCUT2D eigenvalue weighted by molar-refractivity contribution is 8.02. The van der Waals surface area contributed by atoms with Crippen LogP contribution in [0.5, 0.6) is 0 Å². The molecule has 0 spiro atoms. The van der Waals surface area contributed by atoms with E-state index < -0.39 is 0 Å². The molecule has 1 aromatic heterocycles. The molecule has 0 aliphatic carbocycles. The van der Waals surface area contributed by atoms with Gasteiger partial charge in [0.15, 0.2) is 0 Å². The molecule has 0 unspecified atom stereocenters. The fourth-order valence-corrected chi connectivity index (χ4v) is 2.21. The van der Waals surface area contributed by atoms with Crippen LogP contribution >= 0.6 is 23.5 Å². The molecule has 1 heterocycles. The topological polar surface area (TPSA) is 38.9 Å². The first kappa shape index (κ1) is 9.74. The molecular weight excluding hydrogens is 188 g/mol. The summed E-state index contributed by atoms with van der Waals surface area (Å²) < 4.78 is 0. The van der Waals surface area contributed by atoms with E-state index in [0.29, 0.717) is 0 Å². The largest absolute Gasteiger partial charge is 0.397 e. The minimum Gasteiger partial charge on any atom is -0.397 e. The van der Waals surface area contributed by atoms with E-state index in [9.17, 15) is 0 Å². The number of pyridine rings is 1. The SMILES string of the molecule is CSCCSc1ccc(N)cn1. The van der Waals surface area contributed by atoms with Crippen molar-refractivity contribution in [1.29, 1.82) is 0 Å². The quantitative estimate of drug-likeness (QED) is 0.597. The monoisotopic (exact) mass is 200 g/mol. The molecule has 0 aromatic carbocycles. The summed E-state index contributed by atoms with van der Waals surface area (Å²) in [6.45, 7) is 0. The van der Waals surface area contributed by atoms with Crippen LogP contribution < -0.4 is 5.73 Å². The molecule has 1 aromatic rings. The molecule has 0 aliphatic heterocycles. The normalized spacial score (nSPS) is 10.1. The van der Waals surface area contributed by atoms with Crippen LogP contribution in [0.25, 0.3) is 0 Å². The average Bonchev–Trinajstić information content (AvgIpc) is 2.09.